The fourth-order valence-electron chi connectivity index (χ4n) is 1.53. The van der Waals surface area contributed by atoms with E-state index in [1.807, 2.05) is 0 Å². The summed E-state index contributed by atoms with van der Waals surface area (Å²) in [5.41, 5.74) is 5.59. The van der Waals surface area contributed by atoms with Gasteiger partial charge in [0.15, 0.2) is 11.6 Å². The number of hydrogen-bond acceptors (Lipinski definition) is 6. The number of nitrogens with two attached hydrogens (primary N) is 1. The van der Waals surface area contributed by atoms with E-state index in [9.17, 15) is 4.39 Å². The van der Waals surface area contributed by atoms with Gasteiger partial charge in [-0.15, -0.1) is 0 Å². The van der Waals surface area contributed by atoms with E-state index >= 15 is 0 Å². The number of aromatic nitrogens is 5. The summed E-state index contributed by atoms with van der Waals surface area (Å²) in [6.45, 7) is 0. The number of ether oxygens (including phenoxy) is 1. The Bertz CT molecular complexity index is 731. The average Bonchev–Trinajstić information content (AvgIpc) is 2.95. The molecule has 8 heteroatoms. The van der Waals surface area contributed by atoms with Crippen LogP contribution in [0.25, 0.3) is 5.95 Å². The van der Waals surface area contributed by atoms with Crippen LogP contribution in [-0.4, -0.2) is 24.5 Å². The summed E-state index contributed by atoms with van der Waals surface area (Å²) in [5.74, 6) is -0.304. The van der Waals surface area contributed by atoms with E-state index in [0.29, 0.717) is 0 Å². The maximum atomic E-state index is 13.5. The summed E-state index contributed by atoms with van der Waals surface area (Å²) in [4.78, 5) is 15.7. The monoisotopic (exact) mass is 272 g/mol. The van der Waals surface area contributed by atoms with E-state index in [0.717, 1.165) is 0 Å². The number of imidazole rings is 1. The summed E-state index contributed by atoms with van der Waals surface area (Å²) in [5, 5.41) is 0. The lowest BCUT2D eigenvalue weighted by Crippen LogP contribution is -2.06. The molecule has 0 saturated carbocycles. The first kappa shape index (κ1) is 12.0. The highest BCUT2D eigenvalue weighted by Gasteiger charge is 2.10. The van der Waals surface area contributed by atoms with Crippen LogP contribution in [0.15, 0.2) is 43.0 Å². The van der Waals surface area contributed by atoms with Crippen LogP contribution in [-0.2, 0) is 0 Å². The number of anilines is 1. The highest BCUT2D eigenvalue weighted by atomic mass is 19.1. The number of nitrogen functional groups attached to an aromatic ring is 1. The molecule has 100 valence electrons. The predicted molar refractivity (Wildman–Crippen MR) is 67.8 cm³/mol. The van der Waals surface area contributed by atoms with Crippen LogP contribution < -0.4 is 10.5 Å². The molecule has 0 aliphatic carbocycles. The lowest BCUT2D eigenvalue weighted by molar-refractivity contribution is 0.409. The highest BCUT2D eigenvalue weighted by Crippen LogP contribution is 2.21. The molecule has 2 N–H and O–H groups in total. The number of rotatable bonds is 3. The second kappa shape index (κ2) is 4.92. The molecule has 3 rings (SSSR count). The first-order valence-electron chi connectivity index (χ1n) is 5.64. The first-order chi connectivity index (χ1) is 9.72. The molecule has 0 saturated heterocycles. The number of halogens is 1. The molecule has 0 spiro atoms. The van der Waals surface area contributed by atoms with Crippen molar-refractivity contribution < 1.29 is 9.13 Å². The summed E-state index contributed by atoms with van der Waals surface area (Å²) in [7, 11) is 0. The van der Waals surface area contributed by atoms with Crippen LogP contribution >= 0.6 is 0 Å². The van der Waals surface area contributed by atoms with E-state index in [1.165, 1.54) is 23.0 Å². The molecule has 7 nitrogen and oxygen atoms in total. The number of hydrogen-bond donors (Lipinski definition) is 1. The standard InChI is InChI=1S/C12H9FN6O/c13-8-3-1-2-4-9(8)20-12-17-10(14)16-11(18-12)19-6-5-15-7-19/h1-7H,(H2,14,16,17,18). The lowest BCUT2D eigenvalue weighted by atomic mass is 10.3. The maximum Gasteiger partial charge on any atom is 0.328 e. The molecule has 20 heavy (non-hydrogen) atoms. The van der Waals surface area contributed by atoms with Gasteiger partial charge in [0.05, 0.1) is 0 Å². The van der Waals surface area contributed by atoms with Gasteiger partial charge in [-0.05, 0) is 12.1 Å². The highest BCUT2D eigenvalue weighted by molar-refractivity contribution is 5.30. The van der Waals surface area contributed by atoms with Gasteiger partial charge in [0, 0.05) is 12.4 Å². The smallest absolute Gasteiger partial charge is 0.328 e. The molecule has 1 aromatic carbocycles. The minimum absolute atomic E-state index is 0.00896. The molecule has 2 aromatic heterocycles. The molecule has 2 heterocycles. The van der Waals surface area contributed by atoms with E-state index < -0.39 is 5.82 Å². The van der Waals surface area contributed by atoms with Crippen molar-refractivity contribution in [3.8, 4) is 17.7 Å². The third kappa shape index (κ3) is 2.39. The zero-order chi connectivity index (χ0) is 13.9. The lowest BCUT2D eigenvalue weighted by Gasteiger charge is -2.06. The molecule has 0 amide bonds. The summed E-state index contributed by atoms with van der Waals surface area (Å²) in [6.07, 6.45) is 4.71. The van der Waals surface area contributed by atoms with E-state index in [-0.39, 0.29) is 23.7 Å². The van der Waals surface area contributed by atoms with Crippen LogP contribution in [0.1, 0.15) is 0 Å². The van der Waals surface area contributed by atoms with Crippen molar-refractivity contribution >= 4 is 5.95 Å². The number of benzene rings is 1. The molecular weight excluding hydrogens is 263 g/mol. The third-order valence-corrected chi connectivity index (χ3v) is 2.39. The second-order valence-electron chi connectivity index (χ2n) is 3.78. The normalized spacial score (nSPS) is 10.4. The topological polar surface area (TPSA) is 91.7 Å². The zero-order valence-electron chi connectivity index (χ0n) is 10.1. The van der Waals surface area contributed by atoms with Crippen molar-refractivity contribution in [2.75, 3.05) is 5.73 Å². The maximum absolute atomic E-state index is 13.5. The summed E-state index contributed by atoms with van der Waals surface area (Å²) in [6, 6.07) is 5.84. The molecule has 0 bridgehead atoms. The largest absolute Gasteiger partial charge is 0.421 e. The fourth-order valence-corrected chi connectivity index (χ4v) is 1.53. The Hall–Kier alpha value is -3.03. The van der Waals surface area contributed by atoms with Crippen molar-refractivity contribution in [3.05, 3.63) is 48.8 Å². The molecule has 0 aliphatic rings. The van der Waals surface area contributed by atoms with Gasteiger partial charge in [0.1, 0.15) is 6.33 Å². The quantitative estimate of drug-likeness (QED) is 0.778. The molecule has 0 fully saturated rings. The van der Waals surface area contributed by atoms with Gasteiger partial charge in [0.2, 0.25) is 11.9 Å². The van der Waals surface area contributed by atoms with Gasteiger partial charge in [-0.2, -0.15) is 15.0 Å². The van der Waals surface area contributed by atoms with Gasteiger partial charge >= 0.3 is 6.01 Å². The minimum Gasteiger partial charge on any atom is -0.421 e. The second-order valence-corrected chi connectivity index (χ2v) is 3.78. The molecular formula is C12H9FN6O. The van der Waals surface area contributed by atoms with Crippen LogP contribution in [0.2, 0.25) is 0 Å². The van der Waals surface area contributed by atoms with E-state index in [4.69, 9.17) is 10.5 Å². The molecule has 3 aromatic rings. The summed E-state index contributed by atoms with van der Waals surface area (Å²) < 4.78 is 20.3. The summed E-state index contributed by atoms with van der Waals surface area (Å²) >= 11 is 0. The van der Waals surface area contributed by atoms with Crippen LogP contribution in [0.5, 0.6) is 11.8 Å². The minimum atomic E-state index is -0.518. The Balaban J connectivity index is 1.97. The molecule has 0 unspecified atom stereocenters. The fraction of sp³-hybridized carbons (Fsp3) is 0. The van der Waals surface area contributed by atoms with Crippen LogP contribution in [0, 0.1) is 5.82 Å². The van der Waals surface area contributed by atoms with Gasteiger partial charge < -0.3 is 10.5 Å². The molecule has 0 atom stereocenters. The van der Waals surface area contributed by atoms with Crippen molar-refractivity contribution in [1.29, 1.82) is 0 Å². The Morgan fingerprint density at radius 2 is 2.00 bits per heavy atom. The van der Waals surface area contributed by atoms with Gasteiger partial charge in [-0.3, -0.25) is 4.57 Å². The molecule has 0 radical (unpaired) electrons. The Morgan fingerprint density at radius 3 is 2.75 bits per heavy atom. The van der Waals surface area contributed by atoms with Crippen LogP contribution in [0.3, 0.4) is 0 Å². The number of nitrogens with zero attached hydrogens (tertiary/aromatic N) is 5. The van der Waals surface area contributed by atoms with Crippen molar-refractivity contribution in [2.24, 2.45) is 0 Å². The van der Waals surface area contributed by atoms with Crippen molar-refractivity contribution in [1.82, 2.24) is 24.5 Å². The van der Waals surface area contributed by atoms with Crippen molar-refractivity contribution in [3.63, 3.8) is 0 Å². The van der Waals surface area contributed by atoms with Crippen molar-refractivity contribution in [2.45, 2.75) is 0 Å². The Morgan fingerprint density at radius 1 is 1.15 bits per heavy atom. The number of para-hydroxylation sites is 1. The van der Waals surface area contributed by atoms with E-state index in [1.54, 1.807) is 24.5 Å². The average molecular weight is 272 g/mol. The zero-order valence-corrected chi connectivity index (χ0v) is 10.1. The van der Waals surface area contributed by atoms with Gasteiger partial charge in [0.25, 0.3) is 0 Å². The molecule has 0 aliphatic heterocycles. The SMILES string of the molecule is Nc1nc(Oc2ccccc2F)nc(-n2ccnc2)n1. The van der Waals surface area contributed by atoms with Gasteiger partial charge in [-0.25, -0.2) is 9.37 Å². The Kier molecular flexibility index (Phi) is 2.96. The predicted octanol–water partition coefficient (Wildman–Crippen LogP) is 1.57. The van der Waals surface area contributed by atoms with Crippen LogP contribution in [0.4, 0.5) is 10.3 Å². The first-order valence-corrected chi connectivity index (χ1v) is 5.64. The Labute approximate surface area is 112 Å². The van der Waals surface area contributed by atoms with Gasteiger partial charge in [-0.1, -0.05) is 12.1 Å². The van der Waals surface area contributed by atoms with E-state index in [2.05, 4.69) is 19.9 Å². The third-order valence-electron chi connectivity index (χ3n) is 2.39.